The number of methoxy groups -OCH3 is 1. The zero-order valence-electron chi connectivity index (χ0n) is 11.8. The molecule has 0 atom stereocenters. The van der Waals surface area contributed by atoms with Gasteiger partial charge in [-0.15, -0.1) is 0 Å². The van der Waals surface area contributed by atoms with E-state index in [1.807, 2.05) is 30.3 Å². The molecule has 0 radical (unpaired) electrons. The van der Waals surface area contributed by atoms with Gasteiger partial charge >= 0.3 is 0 Å². The van der Waals surface area contributed by atoms with E-state index in [4.69, 9.17) is 4.74 Å². The van der Waals surface area contributed by atoms with Gasteiger partial charge in [0.05, 0.1) is 23.9 Å². The van der Waals surface area contributed by atoms with Crippen molar-refractivity contribution >= 4 is 38.4 Å². The Hall–Kier alpha value is -2.40. The van der Waals surface area contributed by atoms with Crippen LogP contribution in [0.5, 0.6) is 5.75 Å². The van der Waals surface area contributed by atoms with Crippen molar-refractivity contribution < 1.29 is 9.53 Å². The van der Waals surface area contributed by atoms with Crippen LogP contribution in [0.15, 0.2) is 59.2 Å². The van der Waals surface area contributed by atoms with Crippen LogP contribution in [0, 0.1) is 0 Å². The van der Waals surface area contributed by atoms with Crippen molar-refractivity contribution in [1.82, 2.24) is 4.98 Å². The Morgan fingerprint density at radius 3 is 2.82 bits per heavy atom. The smallest absolute Gasteiger partial charge is 0.259 e. The first-order valence-corrected chi connectivity index (χ1v) is 7.47. The van der Waals surface area contributed by atoms with E-state index in [0.29, 0.717) is 17.0 Å². The van der Waals surface area contributed by atoms with Gasteiger partial charge in [-0.05, 0) is 40.2 Å². The third kappa shape index (κ3) is 2.80. The van der Waals surface area contributed by atoms with Crippen molar-refractivity contribution in [3.05, 3.63) is 64.8 Å². The molecule has 3 aromatic rings. The van der Waals surface area contributed by atoms with Gasteiger partial charge in [0.15, 0.2) is 0 Å². The molecule has 1 heterocycles. The molecule has 22 heavy (non-hydrogen) atoms. The molecule has 0 saturated heterocycles. The Morgan fingerprint density at radius 2 is 2.00 bits per heavy atom. The third-order valence-electron chi connectivity index (χ3n) is 3.28. The first-order valence-electron chi connectivity index (χ1n) is 6.67. The minimum absolute atomic E-state index is 0.227. The molecule has 0 aliphatic heterocycles. The van der Waals surface area contributed by atoms with E-state index in [9.17, 15) is 4.79 Å². The lowest BCUT2D eigenvalue weighted by Crippen LogP contribution is -2.13. The van der Waals surface area contributed by atoms with Crippen molar-refractivity contribution in [3.63, 3.8) is 0 Å². The van der Waals surface area contributed by atoms with Crippen molar-refractivity contribution in [2.75, 3.05) is 12.4 Å². The van der Waals surface area contributed by atoms with Crippen LogP contribution in [0.25, 0.3) is 10.9 Å². The fraction of sp³-hybridized carbons (Fsp3) is 0.0588. The first kappa shape index (κ1) is 14.5. The van der Waals surface area contributed by atoms with E-state index < -0.39 is 0 Å². The highest BCUT2D eigenvalue weighted by Crippen LogP contribution is 2.25. The molecule has 1 N–H and O–H groups in total. The van der Waals surface area contributed by atoms with Crippen LogP contribution < -0.4 is 10.1 Å². The number of nitrogens with one attached hydrogen (secondary N) is 1. The molecule has 1 amide bonds. The number of aromatic nitrogens is 1. The number of rotatable bonds is 3. The first-order chi connectivity index (χ1) is 10.7. The summed E-state index contributed by atoms with van der Waals surface area (Å²) in [6.45, 7) is 0. The highest BCUT2D eigenvalue weighted by atomic mass is 79.9. The maximum Gasteiger partial charge on any atom is 0.259 e. The van der Waals surface area contributed by atoms with E-state index in [0.717, 1.165) is 15.4 Å². The number of carbonyl (C=O) groups is 1. The summed E-state index contributed by atoms with van der Waals surface area (Å²) in [5.74, 6) is 0.311. The minimum Gasteiger partial charge on any atom is -0.496 e. The SMILES string of the molecule is COc1ccccc1C(=O)Nc1cccc2cc(Br)cnc12. The molecule has 3 rings (SSSR count). The summed E-state index contributed by atoms with van der Waals surface area (Å²) in [6.07, 6.45) is 1.71. The van der Waals surface area contributed by atoms with Gasteiger partial charge in [0.2, 0.25) is 0 Å². The topological polar surface area (TPSA) is 51.2 Å². The fourth-order valence-corrected chi connectivity index (χ4v) is 2.61. The van der Waals surface area contributed by atoms with E-state index in [2.05, 4.69) is 26.2 Å². The zero-order valence-corrected chi connectivity index (χ0v) is 13.4. The Morgan fingerprint density at radius 1 is 1.18 bits per heavy atom. The molecular weight excluding hydrogens is 344 g/mol. The summed E-state index contributed by atoms with van der Waals surface area (Å²) in [7, 11) is 1.54. The Balaban J connectivity index is 1.98. The van der Waals surface area contributed by atoms with Gasteiger partial charge in [-0.25, -0.2) is 0 Å². The van der Waals surface area contributed by atoms with Crippen molar-refractivity contribution in [2.24, 2.45) is 0 Å². The average molecular weight is 357 g/mol. The number of halogens is 1. The van der Waals surface area contributed by atoms with Crippen LogP contribution in [0.2, 0.25) is 0 Å². The second-order valence-corrected chi connectivity index (χ2v) is 5.60. The Labute approximate surface area is 136 Å². The van der Waals surface area contributed by atoms with Crippen LogP contribution >= 0.6 is 15.9 Å². The second kappa shape index (κ2) is 6.15. The second-order valence-electron chi connectivity index (χ2n) is 4.69. The van der Waals surface area contributed by atoms with E-state index in [1.165, 1.54) is 0 Å². The number of hydrogen-bond acceptors (Lipinski definition) is 3. The van der Waals surface area contributed by atoms with Crippen LogP contribution in [0.4, 0.5) is 5.69 Å². The van der Waals surface area contributed by atoms with Crippen molar-refractivity contribution in [3.8, 4) is 5.75 Å². The summed E-state index contributed by atoms with van der Waals surface area (Å²) < 4.78 is 6.12. The summed E-state index contributed by atoms with van der Waals surface area (Å²) in [6, 6.07) is 14.7. The molecule has 0 unspecified atom stereocenters. The molecular formula is C17H13BrN2O2. The molecule has 0 saturated carbocycles. The predicted octanol–water partition coefficient (Wildman–Crippen LogP) is 4.26. The molecule has 5 heteroatoms. The Kier molecular flexibility index (Phi) is 4.06. The molecule has 1 aromatic heterocycles. The maximum atomic E-state index is 12.5. The number of anilines is 1. The lowest BCUT2D eigenvalue weighted by molar-refractivity contribution is 0.102. The Bertz CT molecular complexity index is 849. The zero-order chi connectivity index (χ0) is 15.5. The number of amides is 1. The van der Waals surface area contributed by atoms with Crippen LogP contribution in [-0.2, 0) is 0 Å². The monoisotopic (exact) mass is 356 g/mol. The number of benzene rings is 2. The van der Waals surface area contributed by atoms with Gasteiger partial charge in [-0.3, -0.25) is 9.78 Å². The standard InChI is InChI=1S/C17H13BrN2O2/c1-22-15-8-3-2-6-13(15)17(21)20-14-7-4-5-11-9-12(18)10-19-16(11)14/h2-10H,1H3,(H,20,21). The molecule has 0 spiro atoms. The van der Waals surface area contributed by atoms with Crippen molar-refractivity contribution in [2.45, 2.75) is 0 Å². The summed E-state index contributed by atoms with van der Waals surface area (Å²) in [5, 5.41) is 3.85. The molecule has 2 aromatic carbocycles. The van der Waals surface area contributed by atoms with Gasteiger partial charge in [-0.1, -0.05) is 24.3 Å². The van der Waals surface area contributed by atoms with Gasteiger partial charge < -0.3 is 10.1 Å². The molecule has 4 nitrogen and oxygen atoms in total. The summed E-state index contributed by atoms with van der Waals surface area (Å²) in [4.78, 5) is 16.9. The maximum absolute atomic E-state index is 12.5. The summed E-state index contributed by atoms with van der Waals surface area (Å²) >= 11 is 3.40. The lowest BCUT2D eigenvalue weighted by atomic mass is 10.1. The van der Waals surface area contributed by atoms with Crippen LogP contribution in [0.1, 0.15) is 10.4 Å². The lowest BCUT2D eigenvalue weighted by Gasteiger charge is -2.10. The number of ether oxygens (including phenoxy) is 1. The van der Waals surface area contributed by atoms with E-state index in [1.54, 1.807) is 31.5 Å². The van der Waals surface area contributed by atoms with E-state index in [-0.39, 0.29) is 5.91 Å². The molecule has 0 fully saturated rings. The van der Waals surface area contributed by atoms with Gasteiger partial charge in [0.1, 0.15) is 5.75 Å². The highest BCUT2D eigenvalue weighted by Gasteiger charge is 2.13. The third-order valence-corrected chi connectivity index (χ3v) is 3.71. The number of fused-ring (bicyclic) bond motifs is 1. The fourth-order valence-electron chi connectivity index (χ4n) is 2.26. The molecule has 110 valence electrons. The van der Waals surface area contributed by atoms with Gasteiger partial charge in [0, 0.05) is 16.1 Å². The highest BCUT2D eigenvalue weighted by molar-refractivity contribution is 9.10. The van der Waals surface area contributed by atoms with Crippen LogP contribution in [-0.4, -0.2) is 18.0 Å². The van der Waals surface area contributed by atoms with Crippen LogP contribution in [0.3, 0.4) is 0 Å². The van der Waals surface area contributed by atoms with Crippen molar-refractivity contribution in [1.29, 1.82) is 0 Å². The van der Waals surface area contributed by atoms with Gasteiger partial charge in [0.25, 0.3) is 5.91 Å². The normalized spacial score (nSPS) is 10.5. The number of para-hydroxylation sites is 2. The predicted molar refractivity (Wildman–Crippen MR) is 90.4 cm³/mol. The largest absolute Gasteiger partial charge is 0.496 e. The number of carbonyl (C=O) groups excluding carboxylic acids is 1. The summed E-state index contributed by atoms with van der Waals surface area (Å²) in [5.41, 5.74) is 1.90. The number of pyridine rings is 1. The number of hydrogen-bond donors (Lipinski definition) is 1. The van der Waals surface area contributed by atoms with Gasteiger partial charge in [-0.2, -0.15) is 0 Å². The number of nitrogens with zero attached hydrogens (tertiary/aromatic N) is 1. The van der Waals surface area contributed by atoms with E-state index >= 15 is 0 Å². The molecule has 0 bridgehead atoms. The average Bonchev–Trinajstić information content (AvgIpc) is 2.54. The molecule has 0 aliphatic carbocycles. The quantitative estimate of drug-likeness (QED) is 0.762. The molecule has 0 aliphatic rings. The minimum atomic E-state index is -0.227.